The highest BCUT2D eigenvalue weighted by Crippen LogP contribution is 2.11. The van der Waals surface area contributed by atoms with Crippen LogP contribution in [-0.2, 0) is 4.79 Å². The normalized spacial score (nSPS) is 15.2. The van der Waals surface area contributed by atoms with Crippen molar-refractivity contribution in [2.75, 3.05) is 26.2 Å². The number of amides is 1. The molecule has 1 aliphatic heterocycles. The van der Waals surface area contributed by atoms with Crippen LogP contribution in [0.5, 0.6) is 0 Å². The van der Waals surface area contributed by atoms with Gasteiger partial charge in [-0.25, -0.2) is 0 Å². The molecule has 0 aromatic heterocycles. The van der Waals surface area contributed by atoms with E-state index in [1.54, 1.807) is 12.1 Å². The molecule has 5 heteroatoms. The van der Waals surface area contributed by atoms with Crippen molar-refractivity contribution in [3.8, 4) is 0 Å². The van der Waals surface area contributed by atoms with Crippen molar-refractivity contribution < 1.29 is 9.59 Å². The predicted octanol–water partition coefficient (Wildman–Crippen LogP) is 3.18. The zero-order chi connectivity index (χ0) is 16.5. The van der Waals surface area contributed by atoms with E-state index < -0.39 is 0 Å². The van der Waals surface area contributed by atoms with Gasteiger partial charge in [0.05, 0.1) is 0 Å². The highest BCUT2D eigenvalue weighted by atomic mass is 79.9. The third-order valence-corrected chi connectivity index (χ3v) is 4.44. The third-order valence-electron chi connectivity index (χ3n) is 3.91. The molecule has 0 radical (unpaired) electrons. The van der Waals surface area contributed by atoms with Crippen LogP contribution < -0.4 is 5.32 Å². The number of benzene rings is 1. The molecular formula is C18H23BrN2O2. The van der Waals surface area contributed by atoms with Crippen LogP contribution >= 0.6 is 15.9 Å². The molecule has 4 nitrogen and oxygen atoms in total. The van der Waals surface area contributed by atoms with Gasteiger partial charge in [-0.3, -0.25) is 9.59 Å². The van der Waals surface area contributed by atoms with Crippen LogP contribution in [0.15, 0.2) is 40.9 Å². The minimum atomic E-state index is -0.211. The Labute approximate surface area is 146 Å². The largest absolute Gasteiger partial charge is 0.353 e. The first-order valence-electron chi connectivity index (χ1n) is 8.13. The average molecular weight is 379 g/mol. The lowest BCUT2D eigenvalue weighted by Gasteiger charge is -2.13. The summed E-state index contributed by atoms with van der Waals surface area (Å²) in [5.41, 5.74) is 0.572. The van der Waals surface area contributed by atoms with E-state index in [1.807, 2.05) is 12.1 Å². The molecule has 1 fully saturated rings. The first kappa shape index (κ1) is 17.9. The predicted molar refractivity (Wildman–Crippen MR) is 95.5 cm³/mol. The number of nitrogens with one attached hydrogen (secondary N) is 1. The molecule has 0 bridgehead atoms. The van der Waals surface area contributed by atoms with Crippen molar-refractivity contribution in [1.29, 1.82) is 0 Å². The summed E-state index contributed by atoms with van der Waals surface area (Å²) >= 11 is 3.32. The maximum atomic E-state index is 11.9. The van der Waals surface area contributed by atoms with Gasteiger partial charge in [-0.2, -0.15) is 0 Å². The van der Waals surface area contributed by atoms with E-state index in [9.17, 15) is 9.59 Å². The molecule has 0 atom stereocenters. The number of hydrogen-bond donors (Lipinski definition) is 1. The van der Waals surface area contributed by atoms with Gasteiger partial charge in [-0.15, -0.1) is 0 Å². The van der Waals surface area contributed by atoms with Crippen molar-refractivity contribution in [3.05, 3.63) is 46.5 Å². The van der Waals surface area contributed by atoms with Gasteiger partial charge in [-0.05, 0) is 75.7 Å². The molecule has 1 aromatic carbocycles. The van der Waals surface area contributed by atoms with Gasteiger partial charge < -0.3 is 10.2 Å². The molecule has 124 valence electrons. The van der Waals surface area contributed by atoms with Crippen LogP contribution in [0, 0.1) is 0 Å². The van der Waals surface area contributed by atoms with Crippen molar-refractivity contribution in [2.45, 2.75) is 25.7 Å². The van der Waals surface area contributed by atoms with Gasteiger partial charge in [0.15, 0.2) is 5.78 Å². The zero-order valence-corrected chi connectivity index (χ0v) is 14.8. The molecule has 23 heavy (non-hydrogen) atoms. The minimum absolute atomic E-state index is 0.165. The summed E-state index contributed by atoms with van der Waals surface area (Å²) in [7, 11) is 0. The summed E-state index contributed by atoms with van der Waals surface area (Å²) in [4.78, 5) is 26.1. The zero-order valence-electron chi connectivity index (χ0n) is 13.3. The topological polar surface area (TPSA) is 49.4 Å². The van der Waals surface area contributed by atoms with Crippen molar-refractivity contribution in [3.63, 3.8) is 0 Å². The summed E-state index contributed by atoms with van der Waals surface area (Å²) in [6.45, 7) is 4.21. The fourth-order valence-corrected chi connectivity index (χ4v) is 2.86. The van der Waals surface area contributed by atoms with Gasteiger partial charge in [0.25, 0.3) is 0 Å². The second-order valence-electron chi connectivity index (χ2n) is 5.75. The van der Waals surface area contributed by atoms with Crippen LogP contribution in [0.1, 0.15) is 36.0 Å². The van der Waals surface area contributed by atoms with Crippen LogP contribution in [0.25, 0.3) is 0 Å². The van der Waals surface area contributed by atoms with E-state index in [-0.39, 0.29) is 11.7 Å². The Morgan fingerprint density at radius 2 is 1.78 bits per heavy atom. The fraction of sp³-hybridized carbons (Fsp3) is 0.444. The number of unbranched alkanes of at least 4 members (excludes halogenated alkanes) is 1. The maximum absolute atomic E-state index is 11.9. The molecule has 1 aliphatic rings. The Morgan fingerprint density at radius 3 is 2.48 bits per heavy atom. The summed E-state index contributed by atoms with van der Waals surface area (Å²) in [6, 6.07) is 7.07. The molecule has 1 heterocycles. The van der Waals surface area contributed by atoms with Gasteiger partial charge in [0.1, 0.15) is 0 Å². The molecule has 1 aromatic rings. The number of ketones is 1. The Kier molecular flexibility index (Phi) is 7.49. The van der Waals surface area contributed by atoms with Gasteiger partial charge in [-0.1, -0.05) is 15.9 Å². The van der Waals surface area contributed by atoms with Crippen LogP contribution in [0.3, 0.4) is 0 Å². The van der Waals surface area contributed by atoms with Crippen molar-refractivity contribution in [2.24, 2.45) is 0 Å². The SMILES string of the molecule is O=C(/C=C/C(=O)c1ccc(Br)cc1)NCCCCN1CCCC1. The number of hydrogen-bond acceptors (Lipinski definition) is 3. The number of halogens is 1. The highest BCUT2D eigenvalue weighted by Gasteiger charge is 2.10. The van der Waals surface area contributed by atoms with E-state index >= 15 is 0 Å². The molecule has 0 spiro atoms. The monoisotopic (exact) mass is 378 g/mol. The smallest absolute Gasteiger partial charge is 0.244 e. The Balaban J connectivity index is 1.61. The Bertz CT molecular complexity index is 549. The quantitative estimate of drug-likeness (QED) is 0.429. The molecule has 0 unspecified atom stereocenters. The van der Waals surface area contributed by atoms with Gasteiger partial charge in [0.2, 0.25) is 5.91 Å². The third kappa shape index (κ3) is 6.67. The van der Waals surface area contributed by atoms with E-state index in [0.717, 1.165) is 23.9 Å². The van der Waals surface area contributed by atoms with E-state index in [4.69, 9.17) is 0 Å². The second-order valence-corrected chi connectivity index (χ2v) is 6.67. The van der Waals surface area contributed by atoms with Crippen molar-refractivity contribution >= 4 is 27.6 Å². The molecular weight excluding hydrogens is 356 g/mol. The highest BCUT2D eigenvalue weighted by molar-refractivity contribution is 9.10. The molecule has 0 saturated carbocycles. The number of carbonyl (C=O) groups excluding carboxylic acids is 2. The molecule has 1 N–H and O–H groups in total. The number of allylic oxidation sites excluding steroid dienone is 1. The first-order chi connectivity index (χ1) is 11.1. The summed E-state index contributed by atoms with van der Waals surface area (Å²) < 4.78 is 0.921. The van der Waals surface area contributed by atoms with Crippen LogP contribution in [0.4, 0.5) is 0 Å². The number of rotatable bonds is 8. The summed E-state index contributed by atoms with van der Waals surface area (Å²) in [5.74, 6) is -0.377. The molecule has 1 amide bonds. The lowest BCUT2D eigenvalue weighted by atomic mass is 10.1. The lowest BCUT2D eigenvalue weighted by Crippen LogP contribution is -2.24. The Morgan fingerprint density at radius 1 is 1.09 bits per heavy atom. The van der Waals surface area contributed by atoms with Crippen molar-refractivity contribution in [1.82, 2.24) is 10.2 Å². The van der Waals surface area contributed by atoms with Crippen LogP contribution in [0.2, 0.25) is 0 Å². The average Bonchev–Trinajstić information content (AvgIpc) is 3.06. The maximum Gasteiger partial charge on any atom is 0.244 e. The second kappa shape index (κ2) is 9.63. The molecule has 2 rings (SSSR count). The summed E-state index contributed by atoms with van der Waals surface area (Å²) in [5, 5.41) is 2.82. The van der Waals surface area contributed by atoms with E-state index in [0.29, 0.717) is 12.1 Å². The van der Waals surface area contributed by atoms with Gasteiger partial charge >= 0.3 is 0 Å². The number of nitrogens with zero attached hydrogens (tertiary/aromatic N) is 1. The Hall–Kier alpha value is -1.46. The summed E-state index contributed by atoms with van der Waals surface area (Å²) in [6.07, 6.45) is 7.33. The standard InChI is InChI=1S/C18H23BrN2O2/c19-16-7-5-15(6-8-16)17(22)9-10-18(23)20-11-1-2-12-21-13-3-4-14-21/h5-10H,1-4,11-14H2,(H,20,23)/b10-9+. The molecule has 0 aliphatic carbocycles. The van der Waals surface area contributed by atoms with E-state index in [1.165, 1.54) is 38.1 Å². The number of carbonyl (C=O) groups is 2. The fourth-order valence-electron chi connectivity index (χ4n) is 2.60. The van der Waals surface area contributed by atoms with E-state index in [2.05, 4.69) is 26.1 Å². The van der Waals surface area contributed by atoms with Crippen LogP contribution in [-0.4, -0.2) is 42.8 Å². The first-order valence-corrected chi connectivity index (χ1v) is 8.92. The van der Waals surface area contributed by atoms with Gasteiger partial charge in [0, 0.05) is 22.7 Å². The number of likely N-dealkylation sites (tertiary alicyclic amines) is 1. The lowest BCUT2D eigenvalue weighted by molar-refractivity contribution is -0.116. The minimum Gasteiger partial charge on any atom is -0.353 e. The molecule has 1 saturated heterocycles.